The van der Waals surface area contributed by atoms with Crippen molar-refractivity contribution in [3.63, 3.8) is 0 Å². The molecule has 0 unspecified atom stereocenters. The SMILES string of the molecule is N#Cc1nccnc1NCCCS(=O)(=O)Cc1ccccc1. The van der Waals surface area contributed by atoms with Crippen LogP contribution in [0.4, 0.5) is 5.82 Å². The van der Waals surface area contributed by atoms with Crippen LogP contribution < -0.4 is 5.32 Å². The Kier molecular flexibility index (Phi) is 5.44. The standard InChI is InChI=1S/C15H16N4O2S/c16-11-14-15(19-9-8-17-14)18-7-4-10-22(20,21)12-13-5-2-1-3-6-13/h1-3,5-6,8-9H,4,7,10,12H2,(H,18,19). The smallest absolute Gasteiger partial charge is 0.182 e. The van der Waals surface area contributed by atoms with Crippen LogP contribution in [-0.2, 0) is 15.6 Å². The summed E-state index contributed by atoms with van der Waals surface area (Å²) < 4.78 is 24.1. The maximum Gasteiger partial charge on any atom is 0.182 e. The Balaban J connectivity index is 1.82. The minimum Gasteiger partial charge on any atom is -0.368 e. The van der Waals surface area contributed by atoms with E-state index in [1.807, 2.05) is 24.3 Å². The van der Waals surface area contributed by atoms with Gasteiger partial charge in [0.05, 0.1) is 11.5 Å². The Labute approximate surface area is 129 Å². The van der Waals surface area contributed by atoms with E-state index in [4.69, 9.17) is 5.26 Å². The molecule has 1 aromatic heterocycles. The molecule has 114 valence electrons. The van der Waals surface area contributed by atoms with Crippen molar-refractivity contribution >= 4 is 15.7 Å². The van der Waals surface area contributed by atoms with Crippen LogP contribution in [0.3, 0.4) is 0 Å². The van der Waals surface area contributed by atoms with Crippen molar-refractivity contribution in [2.75, 3.05) is 17.6 Å². The number of sulfone groups is 1. The Morgan fingerprint density at radius 3 is 2.59 bits per heavy atom. The number of nitriles is 1. The lowest BCUT2D eigenvalue weighted by Crippen LogP contribution is -2.14. The zero-order chi connectivity index (χ0) is 15.8. The first-order valence-electron chi connectivity index (χ1n) is 6.80. The fraction of sp³-hybridized carbons (Fsp3) is 0.267. The van der Waals surface area contributed by atoms with E-state index in [2.05, 4.69) is 15.3 Å². The third-order valence-corrected chi connectivity index (χ3v) is 4.64. The van der Waals surface area contributed by atoms with Gasteiger partial charge in [-0.3, -0.25) is 0 Å². The van der Waals surface area contributed by atoms with Crippen LogP contribution in [0.25, 0.3) is 0 Å². The van der Waals surface area contributed by atoms with E-state index >= 15 is 0 Å². The van der Waals surface area contributed by atoms with Gasteiger partial charge in [-0.15, -0.1) is 0 Å². The van der Waals surface area contributed by atoms with E-state index in [1.54, 1.807) is 12.1 Å². The van der Waals surface area contributed by atoms with Gasteiger partial charge < -0.3 is 5.32 Å². The summed E-state index contributed by atoms with van der Waals surface area (Å²) in [6.07, 6.45) is 3.36. The van der Waals surface area contributed by atoms with Crippen molar-refractivity contribution < 1.29 is 8.42 Å². The molecule has 2 aromatic rings. The molecule has 1 heterocycles. The molecule has 0 atom stereocenters. The largest absolute Gasteiger partial charge is 0.368 e. The molecule has 22 heavy (non-hydrogen) atoms. The molecule has 0 amide bonds. The van der Waals surface area contributed by atoms with Gasteiger partial charge in [-0.05, 0) is 12.0 Å². The molecular formula is C15H16N4O2S. The molecule has 0 spiro atoms. The molecule has 0 bridgehead atoms. The monoisotopic (exact) mass is 316 g/mol. The van der Waals surface area contributed by atoms with E-state index < -0.39 is 9.84 Å². The van der Waals surface area contributed by atoms with Crippen LogP contribution >= 0.6 is 0 Å². The van der Waals surface area contributed by atoms with Crippen LogP contribution in [0.5, 0.6) is 0 Å². The highest BCUT2D eigenvalue weighted by molar-refractivity contribution is 7.90. The lowest BCUT2D eigenvalue weighted by Gasteiger charge is -2.07. The van der Waals surface area contributed by atoms with Crippen molar-refractivity contribution in [3.8, 4) is 6.07 Å². The number of aromatic nitrogens is 2. The van der Waals surface area contributed by atoms with Crippen LogP contribution in [0.2, 0.25) is 0 Å². The number of hydrogen-bond donors (Lipinski definition) is 1. The van der Waals surface area contributed by atoms with Crippen molar-refractivity contribution in [2.24, 2.45) is 0 Å². The van der Waals surface area contributed by atoms with Crippen molar-refractivity contribution in [2.45, 2.75) is 12.2 Å². The van der Waals surface area contributed by atoms with E-state index in [0.717, 1.165) is 5.56 Å². The van der Waals surface area contributed by atoms with Gasteiger partial charge >= 0.3 is 0 Å². The predicted octanol–water partition coefficient (Wildman–Crippen LogP) is 1.77. The maximum atomic E-state index is 12.0. The summed E-state index contributed by atoms with van der Waals surface area (Å²) in [7, 11) is -3.15. The molecular weight excluding hydrogens is 300 g/mol. The minimum absolute atomic E-state index is 0.0441. The van der Waals surface area contributed by atoms with Crippen molar-refractivity contribution in [1.29, 1.82) is 5.26 Å². The topological polar surface area (TPSA) is 95.7 Å². The summed E-state index contributed by atoms with van der Waals surface area (Å²) in [5, 5.41) is 11.8. The Hall–Kier alpha value is -2.46. The Bertz CT molecular complexity index is 755. The van der Waals surface area contributed by atoms with E-state index in [9.17, 15) is 8.42 Å². The fourth-order valence-electron chi connectivity index (χ4n) is 1.95. The lowest BCUT2D eigenvalue weighted by molar-refractivity contribution is 0.593. The van der Waals surface area contributed by atoms with Gasteiger partial charge in [0.15, 0.2) is 21.3 Å². The highest BCUT2D eigenvalue weighted by Crippen LogP contribution is 2.09. The Morgan fingerprint density at radius 1 is 1.14 bits per heavy atom. The summed E-state index contributed by atoms with van der Waals surface area (Å²) in [6.45, 7) is 0.418. The first kappa shape index (κ1) is 15.9. The summed E-state index contributed by atoms with van der Waals surface area (Å²) in [6, 6.07) is 11.0. The minimum atomic E-state index is -3.15. The van der Waals surface area contributed by atoms with Crippen LogP contribution in [-0.4, -0.2) is 30.7 Å². The predicted molar refractivity (Wildman–Crippen MR) is 83.8 cm³/mol. The van der Waals surface area contributed by atoms with Gasteiger partial charge in [-0.1, -0.05) is 30.3 Å². The molecule has 7 heteroatoms. The highest BCUT2D eigenvalue weighted by atomic mass is 32.2. The summed E-state index contributed by atoms with van der Waals surface area (Å²) in [4.78, 5) is 7.88. The fourth-order valence-corrected chi connectivity index (χ4v) is 3.38. The summed E-state index contributed by atoms with van der Waals surface area (Å²) in [5.41, 5.74) is 0.991. The molecule has 0 aliphatic heterocycles. The molecule has 6 nitrogen and oxygen atoms in total. The quantitative estimate of drug-likeness (QED) is 0.782. The molecule has 0 saturated heterocycles. The second-order valence-electron chi connectivity index (χ2n) is 4.72. The Morgan fingerprint density at radius 2 is 1.86 bits per heavy atom. The molecule has 1 N–H and O–H groups in total. The van der Waals surface area contributed by atoms with E-state index in [0.29, 0.717) is 18.8 Å². The molecule has 1 aromatic carbocycles. The molecule has 0 aliphatic carbocycles. The van der Waals surface area contributed by atoms with Crippen LogP contribution in [0.15, 0.2) is 42.7 Å². The number of nitrogens with zero attached hydrogens (tertiary/aromatic N) is 3. The molecule has 0 radical (unpaired) electrons. The van der Waals surface area contributed by atoms with Crippen molar-refractivity contribution in [1.82, 2.24) is 9.97 Å². The summed E-state index contributed by atoms with van der Waals surface area (Å²) >= 11 is 0. The lowest BCUT2D eigenvalue weighted by atomic mass is 10.2. The molecule has 0 saturated carbocycles. The van der Waals surface area contributed by atoms with Gasteiger partial charge in [-0.25, -0.2) is 18.4 Å². The molecule has 0 aliphatic rings. The normalized spacial score (nSPS) is 10.9. The van der Waals surface area contributed by atoms with Gasteiger partial charge in [0.25, 0.3) is 0 Å². The maximum absolute atomic E-state index is 12.0. The third kappa shape index (κ3) is 4.82. The average molecular weight is 316 g/mol. The van der Waals surface area contributed by atoms with E-state index in [-0.39, 0.29) is 17.2 Å². The first-order chi connectivity index (χ1) is 10.6. The third-order valence-electron chi connectivity index (χ3n) is 2.96. The zero-order valence-electron chi connectivity index (χ0n) is 11.9. The van der Waals surface area contributed by atoms with Gasteiger partial charge in [-0.2, -0.15) is 5.26 Å². The van der Waals surface area contributed by atoms with Gasteiger partial charge in [0, 0.05) is 18.9 Å². The molecule has 2 rings (SSSR count). The number of benzene rings is 1. The second-order valence-corrected chi connectivity index (χ2v) is 6.91. The zero-order valence-corrected chi connectivity index (χ0v) is 12.8. The van der Waals surface area contributed by atoms with Gasteiger partial charge in [0.2, 0.25) is 0 Å². The first-order valence-corrected chi connectivity index (χ1v) is 8.62. The number of rotatable bonds is 7. The van der Waals surface area contributed by atoms with Crippen LogP contribution in [0.1, 0.15) is 17.7 Å². The number of anilines is 1. The summed E-state index contributed by atoms with van der Waals surface area (Å²) in [5.74, 6) is 0.505. The number of nitrogens with one attached hydrogen (secondary N) is 1. The molecule has 0 fully saturated rings. The highest BCUT2D eigenvalue weighted by Gasteiger charge is 2.11. The number of hydrogen-bond acceptors (Lipinski definition) is 6. The van der Waals surface area contributed by atoms with E-state index in [1.165, 1.54) is 12.4 Å². The second kappa shape index (κ2) is 7.52. The van der Waals surface area contributed by atoms with Gasteiger partial charge in [0.1, 0.15) is 6.07 Å². The average Bonchev–Trinajstić information content (AvgIpc) is 2.52. The van der Waals surface area contributed by atoms with Crippen LogP contribution in [0, 0.1) is 11.3 Å². The van der Waals surface area contributed by atoms with Crippen molar-refractivity contribution in [3.05, 3.63) is 54.0 Å².